The third-order valence-electron chi connectivity index (χ3n) is 3.34. The van der Waals surface area contributed by atoms with Crippen molar-refractivity contribution in [2.75, 3.05) is 10.7 Å². The lowest BCUT2D eigenvalue weighted by molar-refractivity contribution is -0.152. The lowest BCUT2D eigenvalue weighted by atomic mass is 10.1. The summed E-state index contributed by atoms with van der Waals surface area (Å²) in [5, 5.41) is 14.1. The number of esters is 1. The highest BCUT2D eigenvalue weighted by atomic mass is 16.5. The monoisotopic (exact) mass is 352 g/mol. The number of hydrogen-bond donors (Lipinski definition) is 2. The maximum atomic E-state index is 12.6. The van der Waals surface area contributed by atoms with Crippen LogP contribution in [0.4, 0.5) is 11.6 Å². The van der Waals surface area contributed by atoms with Gasteiger partial charge in [-0.1, -0.05) is 53.6 Å². The normalized spacial score (nSPS) is 11.4. The summed E-state index contributed by atoms with van der Waals surface area (Å²) in [6.45, 7) is 1.24. The number of anilines is 2. The largest absolute Gasteiger partial charge is 0.447 e. The van der Waals surface area contributed by atoms with Gasteiger partial charge in [0, 0.05) is 18.2 Å². The molecule has 2 aromatic carbocycles. The average Bonchev–Trinajstić information content (AvgIpc) is 3.07. The molecule has 1 aromatic heterocycles. The minimum atomic E-state index is -1.12. The minimum absolute atomic E-state index is 0.208. The average molecular weight is 352 g/mol. The van der Waals surface area contributed by atoms with E-state index in [0.717, 1.165) is 10.5 Å². The van der Waals surface area contributed by atoms with Gasteiger partial charge >= 0.3 is 5.97 Å². The van der Waals surface area contributed by atoms with Crippen LogP contribution in [0.2, 0.25) is 0 Å². The predicted molar refractivity (Wildman–Crippen MR) is 92.9 cm³/mol. The SMILES string of the molecule is CC(=O)O[C@H](C(=O)Nn1nnnc1Nc1ccccc1)c1ccccc1. The Morgan fingerprint density at radius 3 is 2.35 bits per heavy atom. The molecule has 9 nitrogen and oxygen atoms in total. The fraction of sp³-hybridized carbons (Fsp3) is 0.118. The van der Waals surface area contributed by atoms with Gasteiger partial charge in [0.15, 0.2) is 0 Å². The summed E-state index contributed by atoms with van der Waals surface area (Å²) in [5.74, 6) is -0.956. The predicted octanol–water partition coefficient (Wildman–Crippen LogP) is 1.79. The summed E-state index contributed by atoms with van der Waals surface area (Å²) in [4.78, 5) is 25.1. The number of aromatic nitrogens is 4. The minimum Gasteiger partial charge on any atom is -0.447 e. The van der Waals surface area contributed by atoms with E-state index in [0.29, 0.717) is 5.56 Å². The van der Waals surface area contributed by atoms with Gasteiger partial charge in [-0.15, -0.1) is 4.79 Å². The number of nitrogens with zero attached hydrogens (tertiary/aromatic N) is 4. The molecule has 0 saturated heterocycles. The molecule has 0 radical (unpaired) electrons. The standard InChI is InChI=1S/C17H16N6O3/c1-12(24)26-15(13-8-4-2-5-9-13)16(25)20-23-17(19-21-22-23)18-14-10-6-3-7-11-14/h2-11,15H,1H3,(H,20,25)(H,18,19,22)/t15-/m0/s1. The van der Waals surface area contributed by atoms with Crippen molar-refractivity contribution in [2.24, 2.45) is 0 Å². The zero-order valence-electron chi connectivity index (χ0n) is 13.9. The number of ether oxygens (including phenoxy) is 1. The summed E-state index contributed by atoms with van der Waals surface area (Å²) in [6, 6.07) is 17.9. The Bertz CT molecular complexity index is 882. The zero-order chi connectivity index (χ0) is 18.4. The molecule has 0 spiro atoms. The number of amides is 1. The van der Waals surface area contributed by atoms with E-state index in [1.807, 2.05) is 30.3 Å². The second kappa shape index (κ2) is 7.88. The van der Waals surface area contributed by atoms with E-state index < -0.39 is 18.0 Å². The van der Waals surface area contributed by atoms with Gasteiger partial charge in [0.05, 0.1) is 0 Å². The summed E-state index contributed by atoms with van der Waals surface area (Å²) >= 11 is 0. The number of carbonyl (C=O) groups is 2. The summed E-state index contributed by atoms with van der Waals surface area (Å²) in [6.07, 6.45) is -1.12. The Morgan fingerprint density at radius 1 is 1.04 bits per heavy atom. The van der Waals surface area contributed by atoms with Crippen molar-refractivity contribution in [1.29, 1.82) is 0 Å². The molecule has 2 N–H and O–H groups in total. The second-order valence-corrected chi connectivity index (χ2v) is 5.28. The van der Waals surface area contributed by atoms with Crippen molar-refractivity contribution in [3.63, 3.8) is 0 Å². The lowest BCUT2D eigenvalue weighted by Crippen LogP contribution is -2.32. The molecule has 0 aliphatic rings. The number of para-hydroxylation sites is 1. The molecular formula is C17H16N6O3. The van der Waals surface area contributed by atoms with Gasteiger partial charge in [0.2, 0.25) is 6.10 Å². The number of carbonyl (C=O) groups excluding carboxylic acids is 2. The molecule has 26 heavy (non-hydrogen) atoms. The molecule has 1 amide bonds. The van der Waals surface area contributed by atoms with Crippen LogP contribution in [0, 0.1) is 0 Å². The molecule has 9 heteroatoms. The maximum Gasteiger partial charge on any atom is 0.303 e. The molecule has 0 fully saturated rings. The molecule has 3 rings (SSSR count). The van der Waals surface area contributed by atoms with Crippen LogP contribution in [-0.4, -0.2) is 32.2 Å². The number of nitrogens with one attached hydrogen (secondary N) is 2. The first kappa shape index (κ1) is 17.1. The molecule has 0 saturated carbocycles. The highest BCUT2D eigenvalue weighted by Gasteiger charge is 2.25. The molecule has 132 valence electrons. The van der Waals surface area contributed by atoms with E-state index in [1.54, 1.807) is 30.3 Å². The van der Waals surface area contributed by atoms with Gasteiger partial charge in [-0.2, -0.15) is 0 Å². The smallest absolute Gasteiger partial charge is 0.303 e. The van der Waals surface area contributed by atoms with Crippen LogP contribution in [-0.2, 0) is 14.3 Å². The number of tetrazole rings is 1. The highest BCUT2D eigenvalue weighted by molar-refractivity contribution is 5.90. The van der Waals surface area contributed by atoms with E-state index in [-0.39, 0.29) is 5.95 Å². The number of hydrogen-bond acceptors (Lipinski definition) is 7. The van der Waals surface area contributed by atoms with Crippen molar-refractivity contribution < 1.29 is 14.3 Å². The van der Waals surface area contributed by atoms with Crippen molar-refractivity contribution in [3.8, 4) is 0 Å². The van der Waals surface area contributed by atoms with E-state index in [1.165, 1.54) is 6.92 Å². The van der Waals surface area contributed by atoms with Gasteiger partial charge < -0.3 is 10.1 Å². The summed E-state index contributed by atoms with van der Waals surface area (Å²) < 4.78 is 5.15. The Kier molecular flexibility index (Phi) is 5.18. The zero-order valence-corrected chi connectivity index (χ0v) is 13.9. The Morgan fingerprint density at radius 2 is 1.69 bits per heavy atom. The van der Waals surface area contributed by atoms with E-state index in [2.05, 4.69) is 26.3 Å². The number of benzene rings is 2. The lowest BCUT2D eigenvalue weighted by Gasteiger charge is -2.17. The quantitative estimate of drug-likeness (QED) is 0.651. The fourth-order valence-corrected chi connectivity index (χ4v) is 2.22. The second-order valence-electron chi connectivity index (χ2n) is 5.28. The third kappa shape index (κ3) is 4.20. The number of rotatable bonds is 6. The van der Waals surface area contributed by atoms with Crippen LogP contribution in [0.5, 0.6) is 0 Å². The molecule has 0 bridgehead atoms. The molecule has 1 heterocycles. The van der Waals surface area contributed by atoms with Gasteiger partial charge in [-0.05, 0) is 22.6 Å². The fourth-order valence-electron chi connectivity index (χ4n) is 2.22. The molecule has 0 aliphatic carbocycles. The van der Waals surface area contributed by atoms with Gasteiger partial charge in [-0.3, -0.25) is 9.59 Å². The third-order valence-corrected chi connectivity index (χ3v) is 3.34. The Hall–Kier alpha value is -3.75. The van der Waals surface area contributed by atoms with Crippen LogP contribution >= 0.6 is 0 Å². The molecular weight excluding hydrogens is 336 g/mol. The first-order valence-corrected chi connectivity index (χ1v) is 7.77. The highest BCUT2D eigenvalue weighted by Crippen LogP contribution is 2.19. The molecule has 3 aromatic rings. The van der Waals surface area contributed by atoms with Crippen molar-refractivity contribution in [1.82, 2.24) is 20.3 Å². The van der Waals surface area contributed by atoms with Crippen molar-refractivity contribution in [3.05, 3.63) is 66.2 Å². The van der Waals surface area contributed by atoms with Crippen LogP contribution < -0.4 is 10.7 Å². The Balaban J connectivity index is 1.78. The van der Waals surface area contributed by atoms with Crippen LogP contribution in [0.1, 0.15) is 18.6 Å². The summed E-state index contributed by atoms with van der Waals surface area (Å²) in [7, 11) is 0. The molecule has 0 unspecified atom stereocenters. The Labute approximate surface area is 148 Å². The van der Waals surface area contributed by atoms with Gasteiger partial charge in [0.25, 0.3) is 11.9 Å². The van der Waals surface area contributed by atoms with E-state index in [9.17, 15) is 9.59 Å². The van der Waals surface area contributed by atoms with Crippen molar-refractivity contribution >= 4 is 23.5 Å². The molecule has 0 aliphatic heterocycles. The van der Waals surface area contributed by atoms with Crippen LogP contribution in [0.3, 0.4) is 0 Å². The van der Waals surface area contributed by atoms with Crippen LogP contribution in [0.15, 0.2) is 60.7 Å². The van der Waals surface area contributed by atoms with Gasteiger partial charge in [0.1, 0.15) is 0 Å². The maximum absolute atomic E-state index is 12.6. The first-order chi connectivity index (χ1) is 12.6. The van der Waals surface area contributed by atoms with E-state index >= 15 is 0 Å². The van der Waals surface area contributed by atoms with E-state index in [4.69, 9.17) is 4.74 Å². The molecule has 1 atom stereocenters. The van der Waals surface area contributed by atoms with Gasteiger partial charge in [-0.25, -0.2) is 5.43 Å². The first-order valence-electron chi connectivity index (χ1n) is 7.77. The van der Waals surface area contributed by atoms with Crippen LogP contribution in [0.25, 0.3) is 0 Å². The van der Waals surface area contributed by atoms with Crippen molar-refractivity contribution in [2.45, 2.75) is 13.0 Å². The summed E-state index contributed by atoms with van der Waals surface area (Å²) in [5.41, 5.74) is 3.80. The topological polar surface area (TPSA) is 111 Å².